The number of carboxylic acid groups (broad SMARTS) is 1. The second kappa shape index (κ2) is 5.47. The highest BCUT2D eigenvalue weighted by Gasteiger charge is 2.24. The molecule has 0 saturated carbocycles. The molecule has 0 aromatic heterocycles. The van der Waals surface area contributed by atoms with Gasteiger partial charge in [-0.2, -0.15) is 0 Å². The van der Waals surface area contributed by atoms with Crippen molar-refractivity contribution in [3.63, 3.8) is 0 Å². The zero-order valence-electron chi connectivity index (χ0n) is 9.68. The van der Waals surface area contributed by atoms with Crippen molar-refractivity contribution in [3.05, 3.63) is 48.0 Å². The van der Waals surface area contributed by atoms with E-state index < -0.39 is 12.0 Å². The summed E-state index contributed by atoms with van der Waals surface area (Å²) in [4.78, 5) is 13.1. The van der Waals surface area contributed by atoms with E-state index in [1.807, 2.05) is 31.2 Å². The first kappa shape index (κ1) is 12.5. The van der Waals surface area contributed by atoms with Gasteiger partial charge < -0.3 is 5.11 Å². The molecular formula is C13H17NO2. The average molecular weight is 219 g/mol. The van der Waals surface area contributed by atoms with Crippen LogP contribution in [0.15, 0.2) is 36.9 Å². The fourth-order valence-corrected chi connectivity index (χ4v) is 1.76. The maximum atomic E-state index is 11.3. The minimum Gasteiger partial charge on any atom is -0.480 e. The molecule has 0 fully saturated rings. The van der Waals surface area contributed by atoms with Crippen molar-refractivity contribution in [2.45, 2.75) is 13.0 Å². The van der Waals surface area contributed by atoms with Crippen LogP contribution >= 0.6 is 0 Å². The predicted octanol–water partition coefficient (Wildman–Crippen LogP) is 2.24. The van der Waals surface area contributed by atoms with E-state index in [2.05, 4.69) is 6.58 Å². The third-order valence-electron chi connectivity index (χ3n) is 2.57. The maximum Gasteiger partial charge on any atom is 0.325 e. The Morgan fingerprint density at radius 3 is 2.69 bits per heavy atom. The number of benzene rings is 1. The van der Waals surface area contributed by atoms with Crippen LogP contribution in [0.3, 0.4) is 0 Å². The fourth-order valence-electron chi connectivity index (χ4n) is 1.76. The first-order valence-corrected chi connectivity index (χ1v) is 5.17. The Morgan fingerprint density at radius 2 is 2.19 bits per heavy atom. The minimum atomic E-state index is -0.835. The lowest BCUT2D eigenvalue weighted by Gasteiger charge is -2.24. The van der Waals surface area contributed by atoms with E-state index in [9.17, 15) is 9.90 Å². The van der Waals surface area contributed by atoms with Crippen LogP contribution in [0, 0.1) is 6.92 Å². The number of likely N-dealkylation sites (N-methyl/N-ethyl adjacent to an activating group) is 1. The van der Waals surface area contributed by atoms with Gasteiger partial charge in [0.05, 0.1) is 0 Å². The smallest absolute Gasteiger partial charge is 0.325 e. The van der Waals surface area contributed by atoms with E-state index in [1.54, 1.807) is 18.0 Å². The van der Waals surface area contributed by atoms with Gasteiger partial charge in [0, 0.05) is 6.54 Å². The molecule has 1 unspecified atom stereocenters. The van der Waals surface area contributed by atoms with Crippen LogP contribution in [-0.2, 0) is 4.79 Å². The summed E-state index contributed by atoms with van der Waals surface area (Å²) >= 11 is 0. The number of rotatable bonds is 5. The lowest BCUT2D eigenvalue weighted by atomic mass is 10.0. The summed E-state index contributed by atoms with van der Waals surface area (Å²) < 4.78 is 0. The van der Waals surface area contributed by atoms with Gasteiger partial charge in [-0.1, -0.05) is 30.3 Å². The van der Waals surface area contributed by atoms with Crippen LogP contribution in [0.1, 0.15) is 17.2 Å². The molecule has 0 radical (unpaired) electrons. The van der Waals surface area contributed by atoms with Gasteiger partial charge >= 0.3 is 5.97 Å². The van der Waals surface area contributed by atoms with Crippen LogP contribution in [0.4, 0.5) is 0 Å². The van der Waals surface area contributed by atoms with Crippen LogP contribution in [-0.4, -0.2) is 29.6 Å². The van der Waals surface area contributed by atoms with Crippen molar-refractivity contribution in [2.24, 2.45) is 0 Å². The largest absolute Gasteiger partial charge is 0.480 e. The summed E-state index contributed by atoms with van der Waals surface area (Å²) in [5, 5.41) is 9.27. The molecule has 1 N–H and O–H groups in total. The van der Waals surface area contributed by atoms with E-state index in [1.165, 1.54) is 0 Å². The molecule has 1 atom stereocenters. The molecule has 0 heterocycles. The highest BCUT2D eigenvalue weighted by atomic mass is 16.4. The van der Waals surface area contributed by atoms with Gasteiger partial charge in [-0.25, -0.2) is 0 Å². The van der Waals surface area contributed by atoms with Gasteiger partial charge in [-0.3, -0.25) is 9.69 Å². The second-order valence-corrected chi connectivity index (χ2v) is 3.83. The SMILES string of the molecule is C=CCN(C)C(C(=O)O)c1ccccc1C. The van der Waals surface area contributed by atoms with Gasteiger partial charge in [0.25, 0.3) is 0 Å². The molecule has 0 spiro atoms. The molecule has 1 rings (SSSR count). The number of hydrogen-bond donors (Lipinski definition) is 1. The lowest BCUT2D eigenvalue weighted by molar-refractivity contribution is -0.142. The third kappa shape index (κ3) is 2.70. The molecule has 0 bridgehead atoms. The van der Waals surface area contributed by atoms with Crippen LogP contribution in [0.5, 0.6) is 0 Å². The van der Waals surface area contributed by atoms with Crippen LogP contribution < -0.4 is 0 Å². The molecule has 0 amide bonds. The Labute approximate surface area is 96.0 Å². The Morgan fingerprint density at radius 1 is 1.56 bits per heavy atom. The molecule has 1 aromatic rings. The van der Waals surface area contributed by atoms with Crippen molar-refractivity contribution in [1.29, 1.82) is 0 Å². The number of carbonyl (C=O) groups is 1. The molecular weight excluding hydrogens is 202 g/mol. The fraction of sp³-hybridized carbons (Fsp3) is 0.308. The molecule has 3 heteroatoms. The molecule has 16 heavy (non-hydrogen) atoms. The van der Waals surface area contributed by atoms with E-state index >= 15 is 0 Å². The van der Waals surface area contributed by atoms with Crippen molar-refractivity contribution in [2.75, 3.05) is 13.6 Å². The van der Waals surface area contributed by atoms with Crippen molar-refractivity contribution < 1.29 is 9.90 Å². The average Bonchev–Trinajstić information content (AvgIpc) is 2.21. The van der Waals surface area contributed by atoms with E-state index in [0.29, 0.717) is 6.54 Å². The zero-order chi connectivity index (χ0) is 12.1. The first-order chi connectivity index (χ1) is 7.57. The molecule has 1 aromatic carbocycles. The van der Waals surface area contributed by atoms with E-state index in [0.717, 1.165) is 11.1 Å². The third-order valence-corrected chi connectivity index (χ3v) is 2.57. The molecule has 0 aliphatic rings. The van der Waals surface area contributed by atoms with Crippen LogP contribution in [0.2, 0.25) is 0 Å². The predicted molar refractivity (Wildman–Crippen MR) is 64.4 cm³/mol. The first-order valence-electron chi connectivity index (χ1n) is 5.17. The van der Waals surface area contributed by atoms with E-state index in [4.69, 9.17) is 0 Å². The summed E-state index contributed by atoms with van der Waals surface area (Å²) in [6, 6.07) is 6.94. The van der Waals surface area contributed by atoms with Gasteiger partial charge in [-0.05, 0) is 25.1 Å². The highest BCUT2D eigenvalue weighted by molar-refractivity contribution is 5.76. The molecule has 0 aliphatic carbocycles. The molecule has 0 saturated heterocycles. The molecule has 86 valence electrons. The summed E-state index contributed by atoms with van der Waals surface area (Å²) in [5.74, 6) is -0.835. The molecule has 0 aliphatic heterocycles. The number of carboxylic acids is 1. The Hall–Kier alpha value is -1.61. The van der Waals surface area contributed by atoms with Crippen molar-refractivity contribution in [1.82, 2.24) is 4.90 Å². The zero-order valence-corrected chi connectivity index (χ0v) is 9.68. The van der Waals surface area contributed by atoms with Gasteiger partial charge in [0.15, 0.2) is 0 Å². The molecule has 3 nitrogen and oxygen atoms in total. The lowest BCUT2D eigenvalue weighted by Crippen LogP contribution is -2.31. The monoisotopic (exact) mass is 219 g/mol. The highest BCUT2D eigenvalue weighted by Crippen LogP contribution is 2.22. The Balaban J connectivity index is 3.07. The van der Waals surface area contributed by atoms with Gasteiger partial charge in [-0.15, -0.1) is 6.58 Å². The number of aliphatic carboxylic acids is 1. The van der Waals surface area contributed by atoms with Gasteiger partial charge in [0.2, 0.25) is 0 Å². The Bertz CT molecular complexity index is 387. The normalized spacial score (nSPS) is 12.4. The second-order valence-electron chi connectivity index (χ2n) is 3.83. The minimum absolute atomic E-state index is 0.547. The summed E-state index contributed by atoms with van der Waals surface area (Å²) in [6.45, 7) is 6.09. The summed E-state index contributed by atoms with van der Waals surface area (Å²) in [7, 11) is 1.78. The number of aryl methyl sites for hydroxylation is 1. The van der Waals surface area contributed by atoms with Crippen molar-refractivity contribution >= 4 is 5.97 Å². The Kier molecular flexibility index (Phi) is 4.26. The van der Waals surface area contributed by atoms with Crippen LogP contribution in [0.25, 0.3) is 0 Å². The summed E-state index contributed by atoms with van der Waals surface area (Å²) in [5.41, 5.74) is 1.82. The topological polar surface area (TPSA) is 40.5 Å². The standard InChI is InChI=1S/C13H17NO2/c1-4-9-14(3)12(13(15)16)11-8-6-5-7-10(11)2/h4-8,12H,1,9H2,2-3H3,(H,15,16). The quantitative estimate of drug-likeness (QED) is 0.772. The van der Waals surface area contributed by atoms with Gasteiger partial charge in [0.1, 0.15) is 6.04 Å². The van der Waals surface area contributed by atoms with E-state index in [-0.39, 0.29) is 0 Å². The summed E-state index contributed by atoms with van der Waals surface area (Å²) in [6.07, 6.45) is 1.70. The van der Waals surface area contributed by atoms with Crippen molar-refractivity contribution in [3.8, 4) is 0 Å². The number of hydrogen-bond acceptors (Lipinski definition) is 2. The maximum absolute atomic E-state index is 11.3. The number of nitrogens with zero attached hydrogens (tertiary/aromatic N) is 1.